The first-order valence-electron chi connectivity index (χ1n) is 18.4. The highest BCUT2D eigenvalue weighted by molar-refractivity contribution is 5.93. The summed E-state index contributed by atoms with van der Waals surface area (Å²) in [4.78, 5) is 48.2. The van der Waals surface area contributed by atoms with Crippen LogP contribution in [0.25, 0.3) is 0 Å². The van der Waals surface area contributed by atoms with Crippen LogP contribution in [0.4, 0.5) is 0 Å². The normalized spacial score (nSPS) is 23.1. The molecule has 0 aromatic heterocycles. The lowest BCUT2D eigenvalue weighted by atomic mass is 9.67. The minimum atomic E-state index is -0.818. The third kappa shape index (κ3) is 7.76. The van der Waals surface area contributed by atoms with Crippen LogP contribution in [0.3, 0.4) is 0 Å². The molecular weight excluding hydrogens is 612 g/mol. The van der Waals surface area contributed by atoms with E-state index in [1.165, 1.54) is 12.8 Å². The zero-order chi connectivity index (χ0) is 34.2. The van der Waals surface area contributed by atoms with Crippen LogP contribution in [-0.2, 0) is 19.8 Å². The van der Waals surface area contributed by atoms with E-state index in [1.54, 1.807) is 9.80 Å². The van der Waals surface area contributed by atoms with Gasteiger partial charge in [-0.15, -0.1) is 0 Å². The molecule has 0 saturated carbocycles. The number of hydrogen-bond acceptors (Lipinski definition) is 5. The topological polar surface area (TPSA) is 93.2 Å². The van der Waals surface area contributed by atoms with E-state index in [0.29, 0.717) is 25.4 Å². The van der Waals surface area contributed by atoms with Crippen LogP contribution in [0.15, 0.2) is 91.0 Å². The van der Waals surface area contributed by atoms with Crippen LogP contribution >= 0.6 is 0 Å². The van der Waals surface area contributed by atoms with Crippen molar-refractivity contribution in [1.29, 1.82) is 0 Å². The summed E-state index contributed by atoms with van der Waals surface area (Å²) < 4.78 is 0. The number of likely N-dealkylation sites (tertiary alicyclic amines) is 3. The quantitative estimate of drug-likeness (QED) is 0.266. The van der Waals surface area contributed by atoms with E-state index in [9.17, 15) is 19.5 Å². The molecule has 3 fully saturated rings. The Kier molecular flexibility index (Phi) is 11.5. The van der Waals surface area contributed by atoms with Gasteiger partial charge in [-0.05, 0) is 67.8 Å². The number of benzene rings is 3. The minimum absolute atomic E-state index is 0.0854. The van der Waals surface area contributed by atoms with Gasteiger partial charge in [0.25, 0.3) is 0 Å². The molecular formula is C41H52N4O4. The Morgan fingerprint density at radius 1 is 0.776 bits per heavy atom. The molecule has 8 heteroatoms. The Bertz CT molecular complexity index is 1440. The van der Waals surface area contributed by atoms with Crippen LogP contribution < -0.4 is 5.32 Å². The van der Waals surface area contributed by atoms with Crippen LogP contribution in [0.1, 0.15) is 75.0 Å². The number of rotatable bonds is 12. The summed E-state index contributed by atoms with van der Waals surface area (Å²) in [7, 11) is 0. The lowest BCUT2D eigenvalue weighted by molar-refractivity contribution is -0.146. The van der Waals surface area contributed by atoms with Gasteiger partial charge in [-0.1, -0.05) is 104 Å². The number of piperidine rings is 1. The van der Waals surface area contributed by atoms with Crippen LogP contribution in [0.2, 0.25) is 0 Å². The molecule has 3 aromatic rings. The highest BCUT2D eigenvalue weighted by atomic mass is 16.3. The second kappa shape index (κ2) is 16.1. The smallest absolute Gasteiger partial charge is 0.246 e. The molecule has 6 rings (SSSR count). The number of carbonyl (C=O) groups excluding carboxylic acids is 3. The third-order valence-corrected chi connectivity index (χ3v) is 10.9. The first-order valence-corrected chi connectivity index (χ1v) is 18.4. The van der Waals surface area contributed by atoms with E-state index in [-0.39, 0.29) is 37.1 Å². The molecule has 3 aliphatic rings. The fourth-order valence-electron chi connectivity index (χ4n) is 8.39. The second-order valence-electron chi connectivity index (χ2n) is 14.2. The molecule has 3 amide bonds. The van der Waals surface area contributed by atoms with Crippen LogP contribution in [0.5, 0.6) is 0 Å². The second-order valence-corrected chi connectivity index (χ2v) is 14.2. The highest BCUT2D eigenvalue weighted by Crippen LogP contribution is 2.43. The van der Waals surface area contributed by atoms with Crippen molar-refractivity contribution in [3.63, 3.8) is 0 Å². The van der Waals surface area contributed by atoms with Crippen molar-refractivity contribution in [3.8, 4) is 0 Å². The van der Waals surface area contributed by atoms with Crippen LogP contribution in [-0.4, -0.2) is 95.0 Å². The van der Waals surface area contributed by atoms with Gasteiger partial charge in [-0.25, -0.2) is 0 Å². The number of aliphatic hydroxyl groups excluding tert-OH is 1. The number of unbranched alkanes of at least 4 members (excludes halogenated alkanes) is 1. The number of carbonyl (C=O) groups is 3. The first kappa shape index (κ1) is 34.8. The van der Waals surface area contributed by atoms with Crippen molar-refractivity contribution >= 4 is 17.7 Å². The van der Waals surface area contributed by atoms with Crippen molar-refractivity contribution in [1.82, 2.24) is 20.0 Å². The summed E-state index contributed by atoms with van der Waals surface area (Å²) in [6.07, 6.45) is 5.40. The van der Waals surface area contributed by atoms with Gasteiger partial charge in [0.15, 0.2) is 0 Å². The Morgan fingerprint density at radius 2 is 1.37 bits per heavy atom. The molecule has 0 spiro atoms. The molecule has 0 aliphatic carbocycles. The van der Waals surface area contributed by atoms with E-state index in [0.717, 1.165) is 55.6 Å². The molecule has 0 radical (unpaired) electrons. The summed E-state index contributed by atoms with van der Waals surface area (Å²) in [6.45, 7) is 6.63. The summed E-state index contributed by atoms with van der Waals surface area (Å²) in [5.41, 5.74) is 2.12. The molecule has 0 unspecified atom stereocenters. The number of amides is 3. The van der Waals surface area contributed by atoms with Crippen molar-refractivity contribution in [2.24, 2.45) is 5.92 Å². The number of aliphatic hydroxyl groups is 1. The van der Waals surface area contributed by atoms with Crippen molar-refractivity contribution in [3.05, 3.63) is 108 Å². The average Bonchev–Trinajstić information content (AvgIpc) is 3.80. The maximum Gasteiger partial charge on any atom is 0.246 e. The zero-order valence-corrected chi connectivity index (χ0v) is 28.9. The van der Waals surface area contributed by atoms with E-state index in [2.05, 4.69) is 53.5 Å². The molecule has 3 aliphatic heterocycles. The molecule has 49 heavy (non-hydrogen) atoms. The van der Waals surface area contributed by atoms with E-state index in [4.69, 9.17) is 0 Å². The molecule has 0 bridgehead atoms. The van der Waals surface area contributed by atoms with Crippen LogP contribution in [0, 0.1) is 5.92 Å². The number of β-amino-alcohol motifs (C(OH)–C–C–N with tert-alkyl or cyclic N) is 1. The van der Waals surface area contributed by atoms with Crippen molar-refractivity contribution < 1.29 is 19.5 Å². The summed E-state index contributed by atoms with van der Waals surface area (Å²) in [5.74, 6) is -0.131. The van der Waals surface area contributed by atoms with Gasteiger partial charge in [-0.3, -0.25) is 14.4 Å². The molecule has 3 heterocycles. The highest BCUT2D eigenvalue weighted by Gasteiger charge is 2.47. The summed E-state index contributed by atoms with van der Waals surface area (Å²) in [5, 5.41) is 14.1. The molecule has 3 aromatic carbocycles. The Hall–Kier alpha value is -4.01. The number of nitrogens with one attached hydrogen (secondary N) is 1. The average molecular weight is 665 g/mol. The van der Waals surface area contributed by atoms with E-state index in [1.807, 2.05) is 54.6 Å². The molecule has 4 atom stereocenters. The monoisotopic (exact) mass is 664 g/mol. The largest absolute Gasteiger partial charge is 0.391 e. The zero-order valence-electron chi connectivity index (χ0n) is 28.9. The maximum atomic E-state index is 14.6. The van der Waals surface area contributed by atoms with E-state index < -0.39 is 23.6 Å². The van der Waals surface area contributed by atoms with Gasteiger partial charge in [0.1, 0.15) is 12.1 Å². The van der Waals surface area contributed by atoms with Gasteiger partial charge in [0.05, 0.1) is 11.5 Å². The van der Waals surface area contributed by atoms with Gasteiger partial charge in [0, 0.05) is 39.0 Å². The maximum absolute atomic E-state index is 14.6. The van der Waals surface area contributed by atoms with Gasteiger partial charge >= 0.3 is 0 Å². The van der Waals surface area contributed by atoms with Gasteiger partial charge in [-0.2, -0.15) is 0 Å². The molecule has 2 N–H and O–H groups in total. The Morgan fingerprint density at radius 3 is 1.96 bits per heavy atom. The predicted molar refractivity (Wildman–Crippen MR) is 192 cm³/mol. The van der Waals surface area contributed by atoms with Gasteiger partial charge < -0.3 is 25.1 Å². The van der Waals surface area contributed by atoms with Crippen molar-refractivity contribution in [2.75, 3.05) is 39.3 Å². The minimum Gasteiger partial charge on any atom is -0.391 e. The lowest BCUT2D eigenvalue weighted by Crippen LogP contribution is -2.54. The molecule has 260 valence electrons. The number of hydrogen-bond donors (Lipinski definition) is 2. The Balaban J connectivity index is 1.20. The molecule has 8 nitrogen and oxygen atoms in total. The molecule has 3 saturated heterocycles. The lowest BCUT2D eigenvalue weighted by Gasteiger charge is -2.38. The fraction of sp³-hybridized carbons (Fsp3) is 0.488. The fourth-order valence-corrected chi connectivity index (χ4v) is 8.39. The van der Waals surface area contributed by atoms with Crippen molar-refractivity contribution in [2.45, 2.75) is 81.9 Å². The SMILES string of the molecule is CCCCN1CCC[C@H](CNC(=O)[C@H]2CCCN2C(=O)[C@@H]2C[C@@H](O)CN2C(=O)CC(c2ccccc2)(c2ccccc2)c2ccccc2)C1. The van der Waals surface area contributed by atoms with Gasteiger partial charge in [0.2, 0.25) is 17.7 Å². The summed E-state index contributed by atoms with van der Waals surface area (Å²) in [6, 6.07) is 28.8. The standard InChI is InChI=1S/C41H52N4O4/c1-2-3-23-43-24-13-15-31(29-43)28-42-39(48)36-22-14-25-44(36)40(49)37-26-35(46)30-45(37)38(47)27-41(32-16-7-4-8-17-32,33-18-9-5-10-19-33)34-20-11-6-12-21-34/h4-12,16-21,31,35-37,46H,2-3,13-15,22-30H2,1H3,(H,42,48)/t31-,35-,36-,37+/m1/s1. The summed E-state index contributed by atoms with van der Waals surface area (Å²) >= 11 is 0. The predicted octanol–water partition coefficient (Wildman–Crippen LogP) is 4.99. The third-order valence-electron chi connectivity index (χ3n) is 10.9. The Labute approximate surface area is 291 Å². The number of nitrogens with zero attached hydrogens (tertiary/aromatic N) is 3. The van der Waals surface area contributed by atoms with E-state index >= 15 is 0 Å². The first-order chi connectivity index (χ1) is 23.9.